The van der Waals surface area contributed by atoms with Gasteiger partial charge in [-0.2, -0.15) is 18.4 Å². The van der Waals surface area contributed by atoms with Crippen LogP contribution in [0.3, 0.4) is 0 Å². The minimum absolute atomic E-state index is 0.0346. The highest BCUT2D eigenvalue weighted by Crippen LogP contribution is 2.47. The lowest BCUT2D eigenvalue weighted by molar-refractivity contribution is -0.137. The van der Waals surface area contributed by atoms with Crippen molar-refractivity contribution in [2.45, 2.75) is 20.0 Å². The number of rotatable bonds is 3. The van der Waals surface area contributed by atoms with Gasteiger partial charge in [0.15, 0.2) is 5.69 Å². The number of hydrogen-bond donors (Lipinski definition) is 0. The van der Waals surface area contributed by atoms with E-state index in [-0.39, 0.29) is 22.4 Å². The van der Waals surface area contributed by atoms with E-state index in [4.69, 9.17) is 6.57 Å². The highest BCUT2D eigenvalue weighted by Gasteiger charge is 2.36. The molecule has 4 nitrogen and oxygen atoms in total. The van der Waals surface area contributed by atoms with Crippen molar-refractivity contribution in [3.8, 4) is 28.6 Å². The molecule has 7 heteroatoms. The van der Waals surface area contributed by atoms with Crippen molar-refractivity contribution >= 4 is 49.3 Å². The zero-order valence-electron chi connectivity index (χ0n) is 25.9. The van der Waals surface area contributed by atoms with Crippen molar-refractivity contribution in [3.63, 3.8) is 0 Å². The molecule has 0 saturated heterocycles. The molecule has 0 amide bonds. The lowest BCUT2D eigenvalue weighted by Crippen LogP contribution is -2.09. The summed E-state index contributed by atoms with van der Waals surface area (Å²) in [4.78, 5) is 3.50. The van der Waals surface area contributed by atoms with Gasteiger partial charge in [0.1, 0.15) is 0 Å². The number of fused-ring (bicyclic) bond motifs is 6. The van der Waals surface area contributed by atoms with Gasteiger partial charge in [0, 0.05) is 27.1 Å². The molecule has 6 aromatic carbocycles. The van der Waals surface area contributed by atoms with Crippen LogP contribution in [0.25, 0.3) is 71.0 Å². The Kier molecular flexibility index (Phi) is 6.44. The third-order valence-electron chi connectivity index (χ3n) is 9.25. The van der Waals surface area contributed by atoms with Crippen LogP contribution in [0.4, 0.5) is 18.9 Å². The first kappa shape index (κ1) is 29.1. The fourth-order valence-electron chi connectivity index (χ4n) is 7.27. The summed E-state index contributed by atoms with van der Waals surface area (Å²) in [5, 5.41) is 14.7. The van der Waals surface area contributed by atoms with Crippen molar-refractivity contribution in [2.24, 2.45) is 0 Å². The quantitative estimate of drug-likeness (QED) is 0.179. The van der Waals surface area contributed by atoms with E-state index in [0.717, 1.165) is 60.8 Å². The Morgan fingerprint density at radius 1 is 0.646 bits per heavy atom. The van der Waals surface area contributed by atoms with E-state index in [9.17, 15) is 18.4 Å². The molecule has 0 saturated carbocycles. The van der Waals surface area contributed by atoms with Crippen LogP contribution >= 0.6 is 0 Å². The first-order valence-electron chi connectivity index (χ1n) is 15.4. The average Bonchev–Trinajstić information content (AvgIpc) is 3.62. The topological polar surface area (TPSA) is 38.0 Å². The maximum atomic E-state index is 14.6. The third-order valence-corrected chi connectivity index (χ3v) is 9.25. The summed E-state index contributed by atoms with van der Waals surface area (Å²) >= 11 is 0. The van der Waals surface area contributed by atoms with E-state index < -0.39 is 11.7 Å². The molecule has 8 aromatic rings. The van der Waals surface area contributed by atoms with E-state index in [2.05, 4.69) is 32.2 Å². The van der Waals surface area contributed by atoms with Gasteiger partial charge < -0.3 is 9.13 Å². The molecule has 8 rings (SSSR count). The Bertz CT molecular complexity index is 2710. The average molecular weight is 631 g/mol. The molecule has 0 unspecified atom stereocenters. The largest absolute Gasteiger partial charge is 0.415 e. The molecule has 0 aliphatic rings. The Morgan fingerprint density at radius 2 is 1.15 bits per heavy atom. The predicted octanol–water partition coefficient (Wildman–Crippen LogP) is 11.6. The molecule has 2 heterocycles. The number of aromatic nitrogens is 2. The molecule has 0 fully saturated rings. The smallest absolute Gasteiger partial charge is 0.307 e. The molecule has 0 aliphatic carbocycles. The number of alkyl halides is 3. The SMILES string of the molecule is [C-]#[N+]c1cccc(C(F)(F)F)c1-c1cc(-n2c3ccccc3c3cccc(C)c32)c(-n2c3ccccc3c3cccc(C)c32)cc1C#N. The van der Waals surface area contributed by atoms with E-state index >= 15 is 0 Å². The maximum absolute atomic E-state index is 14.6. The Morgan fingerprint density at radius 3 is 1.67 bits per heavy atom. The Labute approximate surface area is 273 Å². The molecule has 0 radical (unpaired) electrons. The lowest BCUT2D eigenvalue weighted by atomic mass is 9.92. The molecule has 0 atom stereocenters. The van der Waals surface area contributed by atoms with Gasteiger partial charge in [-0.15, -0.1) is 0 Å². The molecular formula is C41H25F3N4. The van der Waals surface area contributed by atoms with Crippen LogP contribution in [0.5, 0.6) is 0 Å². The van der Waals surface area contributed by atoms with Crippen LogP contribution in [-0.2, 0) is 6.18 Å². The molecule has 0 aliphatic heterocycles. The zero-order chi connectivity index (χ0) is 33.3. The first-order valence-corrected chi connectivity index (χ1v) is 15.4. The molecule has 0 N–H and O–H groups in total. The number of halogens is 3. The van der Waals surface area contributed by atoms with Crippen LogP contribution in [0.15, 0.2) is 115 Å². The molecular weight excluding hydrogens is 605 g/mol. The van der Waals surface area contributed by atoms with Gasteiger partial charge in [-0.1, -0.05) is 91.0 Å². The summed E-state index contributed by atoms with van der Waals surface area (Å²) in [7, 11) is 0. The zero-order valence-corrected chi connectivity index (χ0v) is 25.9. The van der Waals surface area contributed by atoms with Gasteiger partial charge in [-0.3, -0.25) is 0 Å². The third kappa shape index (κ3) is 4.15. The number of benzene rings is 6. The van der Waals surface area contributed by atoms with E-state index in [1.165, 1.54) is 12.1 Å². The molecule has 0 bridgehead atoms. The van der Waals surface area contributed by atoms with Gasteiger partial charge >= 0.3 is 6.18 Å². The number of nitrogens with zero attached hydrogens (tertiary/aromatic N) is 4. The monoisotopic (exact) mass is 630 g/mol. The molecule has 230 valence electrons. The van der Waals surface area contributed by atoms with Crippen LogP contribution < -0.4 is 0 Å². The van der Waals surface area contributed by atoms with Crippen molar-refractivity contribution in [1.29, 1.82) is 5.26 Å². The van der Waals surface area contributed by atoms with Crippen molar-refractivity contribution < 1.29 is 13.2 Å². The minimum Gasteiger partial charge on any atom is -0.307 e. The van der Waals surface area contributed by atoms with Gasteiger partial charge in [-0.05, 0) is 54.8 Å². The summed E-state index contributed by atoms with van der Waals surface area (Å²) < 4.78 is 48.1. The van der Waals surface area contributed by atoms with Gasteiger partial charge in [-0.25, -0.2) is 4.85 Å². The Hall–Kier alpha value is -6.31. The normalized spacial score (nSPS) is 11.8. The molecule has 48 heavy (non-hydrogen) atoms. The van der Waals surface area contributed by atoms with Crippen molar-refractivity contribution in [1.82, 2.24) is 9.13 Å². The lowest BCUT2D eigenvalue weighted by Gasteiger charge is -2.22. The summed E-state index contributed by atoms with van der Waals surface area (Å²) in [5.41, 5.74) is 5.46. The van der Waals surface area contributed by atoms with E-state index in [0.29, 0.717) is 11.4 Å². The number of hydrogen-bond acceptors (Lipinski definition) is 1. The van der Waals surface area contributed by atoms with Crippen molar-refractivity contribution in [3.05, 3.63) is 149 Å². The second-order valence-electron chi connectivity index (χ2n) is 12.0. The summed E-state index contributed by atoms with van der Waals surface area (Å²) in [6.45, 7) is 11.9. The van der Waals surface area contributed by atoms with Crippen LogP contribution in [-0.4, -0.2) is 9.13 Å². The highest BCUT2D eigenvalue weighted by molar-refractivity contribution is 6.13. The minimum atomic E-state index is -4.75. The van der Waals surface area contributed by atoms with Crippen LogP contribution in [0.2, 0.25) is 0 Å². The van der Waals surface area contributed by atoms with E-state index in [1.807, 2.05) is 86.6 Å². The van der Waals surface area contributed by atoms with Crippen LogP contribution in [0, 0.1) is 31.8 Å². The number of aryl methyl sites for hydroxylation is 2. The van der Waals surface area contributed by atoms with E-state index in [1.54, 1.807) is 12.1 Å². The van der Waals surface area contributed by atoms with Gasteiger partial charge in [0.25, 0.3) is 0 Å². The summed E-state index contributed by atoms with van der Waals surface area (Å²) in [6.07, 6.45) is -4.75. The molecule has 0 spiro atoms. The second-order valence-corrected chi connectivity index (χ2v) is 12.0. The second kappa shape index (κ2) is 10.6. The molecule has 2 aromatic heterocycles. The standard InChI is InChI=1S/C41H25F3N4/c1-24-11-8-15-29-27-13-4-6-19-34(27)47(39(24)29)36-21-26(23-45)31(38-32(41(42,43)44)17-10-18-33(38)46-3)22-37(36)48-35-20-7-5-14-28(35)30-16-9-12-25(2)40(30)48/h4-22H,1-2H3. The van der Waals surface area contributed by atoms with Gasteiger partial charge in [0.2, 0.25) is 0 Å². The Balaban J connectivity index is 1.64. The highest BCUT2D eigenvalue weighted by atomic mass is 19.4. The van der Waals surface area contributed by atoms with Crippen LogP contribution in [0.1, 0.15) is 22.3 Å². The van der Waals surface area contributed by atoms with Crippen molar-refractivity contribution in [2.75, 3.05) is 0 Å². The fourth-order valence-corrected chi connectivity index (χ4v) is 7.27. The summed E-state index contributed by atoms with van der Waals surface area (Å²) in [5.74, 6) is 0. The maximum Gasteiger partial charge on any atom is 0.415 e. The number of para-hydroxylation sites is 4. The first-order chi connectivity index (χ1) is 23.2. The van der Waals surface area contributed by atoms with Gasteiger partial charge in [0.05, 0.1) is 57.2 Å². The predicted molar refractivity (Wildman–Crippen MR) is 186 cm³/mol. The fraction of sp³-hybridized carbons (Fsp3) is 0.0732. The number of nitriles is 1. The summed E-state index contributed by atoms with van der Waals surface area (Å²) in [6, 6.07) is 37.3.